The van der Waals surface area contributed by atoms with Gasteiger partial charge in [-0.15, -0.1) is 26.3 Å². The molecule has 5 unspecified atom stereocenters. The third-order valence-corrected chi connectivity index (χ3v) is 32.7. The van der Waals surface area contributed by atoms with Crippen LogP contribution in [0.5, 0.6) is 0 Å². The van der Waals surface area contributed by atoms with Gasteiger partial charge in [-0.05, 0) is 281 Å². The zero-order valence-electron chi connectivity index (χ0n) is 79.5. The van der Waals surface area contributed by atoms with Crippen LogP contribution in [-0.2, 0) is 79.5 Å². The third-order valence-electron chi connectivity index (χ3n) is 32.7. The van der Waals surface area contributed by atoms with Crippen LogP contribution in [0, 0.1) is 61.6 Å². The number of nitrogens with zero attached hydrogens (tertiary/aromatic N) is 10. The van der Waals surface area contributed by atoms with Gasteiger partial charge in [0, 0.05) is 59.2 Å². The van der Waals surface area contributed by atoms with E-state index >= 15 is 0 Å². The molecule has 10 aromatic rings. The van der Waals surface area contributed by atoms with Crippen LogP contribution in [0.3, 0.4) is 0 Å². The van der Waals surface area contributed by atoms with E-state index in [1.807, 2.05) is 78.7 Å². The average molecular weight is 1860 g/mol. The minimum atomic E-state index is -0.592. The van der Waals surface area contributed by atoms with Gasteiger partial charge in [-0.3, -0.25) is 0 Å². The topological polar surface area (TPSA) is 181 Å². The lowest BCUT2D eigenvalue weighted by atomic mass is 9.62. The lowest BCUT2D eigenvalue weighted by molar-refractivity contribution is -0.248. The summed E-state index contributed by atoms with van der Waals surface area (Å²) in [7, 11) is 0. The molecule has 5 aromatic heterocycles. The molecule has 0 radical (unpaired) electrons. The Hall–Kier alpha value is -10.9. The Morgan fingerprint density at radius 2 is 0.482 bits per heavy atom. The van der Waals surface area contributed by atoms with Gasteiger partial charge in [-0.1, -0.05) is 108 Å². The summed E-state index contributed by atoms with van der Waals surface area (Å²) in [5.41, 5.74) is 21.3. The lowest BCUT2D eigenvalue weighted by Gasteiger charge is -2.51. The number of hydrogen-bond donors (Lipinski definition) is 0. The molecule has 5 spiro atoms. The maximum Gasteiger partial charge on any atom is 0.178 e. The summed E-state index contributed by atoms with van der Waals surface area (Å²) in [6.45, 7) is 36.3. The van der Waals surface area contributed by atoms with Gasteiger partial charge in [0.25, 0.3) is 0 Å². The zero-order valence-corrected chi connectivity index (χ0v) is 79.5. The smallest absolute Gasteiger partial charge is 0.178 e. The molecule has 5 aliphatic heterocycles. The highest BCUT2D eigenvalue weighted by Crippen LogP contribution is 2.64. The highest BCUT2D eigenvalue weighted by Gasteiger charge is 2.65. The van der Waals surface area contributed by atoms with E-state index in [-0.39, 0.29) is 92.1 Å². The van der Waals surface area contributed by atoms with E-state index in [1.54, 1.807) is 60.7 Å². The standard InChI is InChI=1S/C24H29FN2O2.4C22H23FN2O2/c1-22(2,3)21-15-28-24(29-21)11-5-6-17-12-20-16(13-23(17,24)4)14-26-27(20)19-9-7-18(25)8-10-19;4*1-3-19-14-26-22(27-19)10-4-5-16-11-20-15(12-21(16,22)2)13-24-25(20)18-8-6-17(23)7-9-18/h7-10,12,14,21H,5-6,11,13,15H2,1-4H3;4*3,6-9,11,13,19H,1,4-5,10,12,14H2,2H3/t21?,23-,24?;19?,21-,22?;19-,21-,22?;19-,21-,22+;19-,21-,22-/m00000/s1. The fourth-order valence-electron chi connectivity index (χ4n) is 24.6. The van der Waals surface area contributed by atoms with E-state index in [0.29, 0.717) is 33.0 Å². The number of benzene rings is 5. The van der Waals surface area contributed by atoms with E-state index in [1.165, 1.54) is 116 Å². The van der Waals surface area contributed by atoms with E-state index in [4.69, 9.17) is 47.4 Å². The first-order valence-electron chi connectivity index (χ1n) is 48.7. The maximum atomic E-state index is 13.4. The Bertz CT molecular complexity index is 5880. The van der Waals surface area contributed by atoms with Crippen LogP contribution >= 0.6 is 0 Å². The van der Waals surface area contributed by atoms with Crippen molar-refractivity contribution in [2.75, 3.05) is 33.0 Å². The number of ether oxygens (including phenoxy) is 10. The Morgan fingerprint density at radius 1 is 0.292 bits per heavy atom. The summed E-state index contributed by atoms with van der Waals surface area (Å²) < 4.78 is 140. The molecule has 0 N–H and O–H groups in total. The number of halogens is 5. The van der Waals surface area contributed by atoms with Crippen LogP contribution in [-0.4, -0.2) is 141 Å². The monoisotopic (exact) mass is 1860 g/mol. The van der Waals surface area contributed by atoms with Gasteiger partial charge in [0.15, 0.2) is 28.9 Å². The quantitative estimate of drug-likeness (QED) is 0.0982. The van der Waals surface area contributed by atoms with Gasteiger partial charge in [-0.25, -0.2) is 45.4 Å². The van der Waals surface area contributed by atoms with Crippen molar-refractivity contribution in [3.8, 4) is 28.4 Å². The first kappa shape index (κ1) is 92.4. The predicted molar refractivity (Wildman–Crippen MR) is 514 cm³/mol. The zero-order chi connectivity index (χ0) is 95.0. The fraction of sp³-hybridized carbons (Fsp3) is 0.438. The van der Waals surface area contributed by atoms with Crippen molar-refractivity contribution in [2.24, 2.45) is 32.5 Å². The molecule has 20 nitrogen and oxygen atoms in total. The highest BCUT2D eigenvalue weighted by atomic mass is 19.1. The summed E-state index contributed by atoms with van der Waals surface area (Å²) in [5.74, 6) is -4.14. The summed E-state index contributed by atoms with van der Waals surface area (Å²) in [6.07, 6.45) is 47.0. The van der Waals surface area contributed by atoms with Gasteiger partial charge in [0.1, 0.15) is 53.5 Å². The number of aromatic nitrogens is 10. The molecule has 137 heavy (non-hydrogen) atoms. The summed E-state index contributed by atoms with van der Waals surface area (Å²) in [6, 6.07) is 32.3. The molecule has 5 saturated carbocycles. The highest BCUT2D eigenvalue weighted by molar-refractivity contribution is 5.67. The van der Waals surface area contributed by atoms with Crippen molar-refractivity contribution in [2.45, 2.75) is 243 Å². The molecular weight excluding hydrogens is 1740 g/mol. The Morgan fingerprint density at radius 3 is 0.657 bits per heavy atom. The van der Waals surface area contributed by atoms with E-state index in [9.17, 15) is 22.0 Å². The number of hydrogen-bond acceptors (Lipinski definition) is 15. The lowest BCUT2D eigenvalue weighted by Crippen LogP contribution is -2.54. The van der Waals surface area contributed by atoms with Crippen LogP contribution < -0.4 is 0 Å². The second kappa shape index (κ2) is 35.1. The molecule has 5 saturated heterocycles. The molecule has 5 aromatic carbocycles. The summed E-state index contributed by atoms with van der Waals surface area (Å²) >= 11 is 0. The number of fused-ring (bicyclic) bond motifs is 15. The molecule has 0 bridgehead atoms. The molecule has 10 aliphatic carbocycles. The van der Waals surface area contributed by atoms with Crippen molar-refractivity contribution in [1.82, 2.24) is 48.9 Å². The minimum Gasteiger partial charge on any atom is -0.346 e. The molecule has 10 fully saturated rings. The molecule has 15 atom stereocenters. The molecule has 10 heterocycles. The SMILES string of the molecule is C=CC1COC2(CCCC3=Cc4c(cnn4-c4ccc(F)cc4)C[C@@]32C)O1.C=C[C@H]1COC2(CCCC3=Cc4c(cnn4-c4ccc(F)cc4)C[C@@]32C)O1.C=C[C@H]1CO[C@@]2(CCCC3=Cc4c(cnn4-c4ccc(F)cc4)C[C@@]32C)O1.C=C[C@H]1CO[C@]2(CCCC3=Cc4c(cnn4-c4ccc(F)cc4)C[C@@]32C)O1.CC(C)(C)C1COC2(CCCC3=Cc4c(cnn4-c4ccc(F)cc4)C[C@@]32C)O1. The molecular formula is C112H121F5N10O10. The molecule has 714 valence electrons. The van der Waals surface area contributed by atoms with Crippen molar-refractivity contribution >= 4 is 30.4 Å². The predicted octanol–water partition coefficient (Wildman–Crippen LogP) is 23.1. The van der Waals surface area contributed by atoms with Crippen LogP contribution in [0.1, 0.15) is 208 Å². The second-order valence-corrected chi connectivity index (χ2v) is 41.7. The maximum absolute atomic E-state index is 13.4. The van der Waals surface area contributed by atoms with Gasteiger partial charge in [0.05, 0.1) is 127 Å². The number of rotatable bonds is 9. The van der Waals surface area contributed by atoms with Gasteiger partial charge in [-0.2, -0.15) is 25.5 Å². The van der Waals surface area contributed by atoms with Crippen molar-refractivity contribution in [1.29, 1.82) is 0 Å². The van der Waals surface area contributed by atoms with E-state index in [0.717, 1.165) is 185 Å². The van der Waals surface area contributed by atoms with Crippen molar-refractivity contribution in [3.05, 3.63) is 316 Å². The van der Waals surface area contributed by atoms with Crippen LogP contribution in [0.2, 0.25) is 0 Å². The summed E-state index contributed by atoms with van der Waals surface area (Å²) in [4.78, 5) is 0. The molecule has 0 amide bonds. The third kappa shape index (κ3) is 15.6. The van der Waals surface area contributed by atoms with Crippen LogP contribution in [0.25, 0.3) is 58.8 Å². The minimum absolute atomic E-state index is 0.0501. The summed E-state index contributed by atoms with van der Waals surface area (Å²) in [5, 5.41) is 23.0. The molecule has 15 aliphatic rings. The Balaban J connectivity index is 0.000000102. The second-order valence-electron chi connectivity index (χ2n) is 41.7. The van der Waals surface area contributed by atoms with Gasteiger partial charge in [0.2, 0.25) is 0 Å². The van der Waals surface area contributed by atoms with E-state index < -0.39 is 28.9 Å². The van der Waals surface area contributed by atoms with Crippen molar-refractivity contribution in [3.63, 3.8) is 0 Å². The Kier molecular flexibility index (Phi) is 23.7. The normalized spacial score (nSPS) is 31.9. The van der Waals surface area contributed by atoms with Gasteiger partial charge >= 0.3 is 0 Å². The Labute approximate surface area is 797 Å². The fourth-order valence-corrected chi connectivity index (χ4v) is 24.6. The molecule has 25 rings (SSSR count). The van der Waals surface area contributed by atoms with E-state index in [2.05, 4.69) is 138 Å². The van der Waals surface area contributed by atoms with Crippen LogP contribution in [0.4, 0.5) is 22.0 Å². The molecule has 25 heteroatoms. The first-order valence-corrected chi connectivity index (χ1v) is 48.7. The van der Waals surface area contributed by atoms with Crippen molar-refractivity contribution < 1.29 is 69.3 Å². The largest absolute Gasteiger partial charge is 0.346 e. The van der Waals surface area contributed by atoms with Gasteiger partial charge < -0.3 is 47.4 Å². The first-order chi connectivity index (χ1) is 65.9. The van der Waals surface area contributed by atoms with Crippen LogP contribution in [0.15, 0.2) is 231 Å². The average Bonchev–Trinajstić information content (AvgIpc) is 1.64.